The maximum Gasteiger partial charge on any atom is 0.337 e. The highest BCUT2D eigenvalue weighted by Crippen LogP contribution is 2.21. The smallest absolute Gasteiger partial charge is 0.337 e. The molecule has 110 valence electrons. The zero-order chi connectivity index (χ0) is 15.4. The first-order valence-electron chi connectivity index (χ1n) is 6.52. The number of carboxylic acid groups (broad SMARTS) is 1. The third kappa shape index (κ3) is 3.44. The maximum absolute atomic E-state index is 12.2. The number of nitrogens with zero attached hydrogens (tertiary/aromatic N) is 1. The molecule has 0 bridgehead atoms. The minimum absolute atomic E-state index is 0.0431. The summed E-state index contributed by atoms with van der Waals surface area (Å²) in [4.78, 5) is 23.3. The van der Waals surface area contributed by atoms with Crippen molar-refractivity contribution in [1.29, 1.82) is 0 Å². The van der Waals surface area contributed by atoms with E-state index in [1.165, 1.54) is 12.1 Å². The van der Waals surface area contributed by atoms with Crippen LogP contribution < -0.4 is 5.32 Å². The molecule has 0 aliphatic rings. The Kier molecular flexibility index (Phi) is 4.65. The number of nitrogens with one attached hydrogen (secondary N) is 1. The molecule has 0 aliphatic heterocycles. The maximum atomic E-state index is 12.2. The highest BCUT2D eigenvalue weighted by molar-refractivity contribution is 6.33. The summed E-state index contributed by atoms with van der Waals surface area (Å²) in [5.74, 6) is -1.42. The topological polar surface area (TPSA) is 71.3 Å². The highest BCUT2D eigenvalue weighted by atomic mass is 35.5. The third-order valence-corrected chi connectivity index (χ3v) is 3.31. The third-order valence-electron chi connectivity index (χ3n) is 2.98. The van der Waals surface area contributed by atoms with Crippen molar-refractivity contribution in [2.45, 2.75) is 19.9 Å². The SMILES string of the molecule is CCCn1cccc1C(=O)Nc1ccc(Cl)c(C(=O)O)c1. The number of rotatable bonds is 5. The quantitative estimate of drug-likeness (QED) is 0.888. The molecule has 0 aliphatic carbocycles. The molecule has 1 aromatic heterocycles. The lowest BCUT2D eigenvalue weighted by atomic mass is 10.2. The molecule has 5 nitrogen and oxygen atoms in total. The van der Waals surface area contributed by atoms with Gasteiger partial charge < -0.3 is 15.0 Å². The number of aromatic nitrogens is 1. The number of aromatic carboxylic acids is 1. The first kappa shape index (κ1) is 15.1. The van der Waals surface area contributed by atoms with E-state index in [1.807, 2.05) is 17.7 Å². The summed E-state index contributed by atoms with van der Waals surface area (Å²) in [5, 5.41) is 11.8. The van der Waals surface area contributed by atoms with Crippen LogP contribution in [0.15, 0.2) is 36.5 Å². The van der Waals surface area contributed by atoms with E-state index in [1.54, 1.807) is 18.2 Å². The van der Waals surface area contributed by atoms with Gasteiger partial charge in [-0.3, -0.25) is 4.79 Å². The van der Waals surface area contributed by atoms with Gasteiger partial charge in [-0.2, -0.15) is 0 Å². The fourth-order valence-electron chi connectivity index (χ4n) is 2.02. The summed E-state index contributed by atoms with van der Waals surface area (Å²) in [6.45, 7) is 2.77. The summed E-state index contributed by atoms with van der Waals surface area (Å²) in [6.07, 6.45) is 2.75. The fraction of sp³-hybridized carbons (Fsp3) is 0.200. The molecule has 0 radical (unpaired) electrons. The molecular formula is C15H15ClN2O3. The van der Waals surface area contributed by atoms with Gasteiger partial charge >= 0.3 is 5.97 Å². The van der Waals surface area contributed by atoms with Crippen LogP contribution in [0.1, 0.15) is 34.2 Å². The minimum atomic E-state index is -1.13. The highest BCUT2D eigenvalue weighted by Gasteiger charge is 2.13. The summed E-state index contributed by atoms with van der Waals surface area (Å²) >= 11 is 5.80. The zero-order valence-electron chi connectivity index (χ0n) is 11.5. The number of carbonyl (C=O) groups excluding carboxylic acids is 1. The van der Waals surface area contributed by atoms with E-state index >= 15 is 0 Å². The average Bonchev–Trinajstić information content (AvgIpc) is 2.89. The molecule has 2 N–H and O–H groups in total. The van der Waals surface area contributed by atoms with Crippen LogP contribution in [0.5, 0.6) is 0 Å². The van der Waals surface area contributed by atoms with Gasteiger partial charge in [0.25, 0.3) is 5.91 Å². The van der Waals surface area contributed by atoms with Crippen LogP contribution >= 0.6 is 11.6 Å². The summed E-state index contributed by atoms with van der Waals surface area (Å²) < 4.78 is 1.85. The Hall–Kier alpha value is -2.27. The van der Waals surface area contributed by atoms with Crippen LogP contribution in [-0.4, -0.2) is 21.6 Å². The second kappa shape index (κ2) is 6.45. The monoisotopic (exact) mass is 306 g/mol. The zero-order valence-corrected chi connectivity index (χ0v) is 12.2. The molecule has 0 spiro atoms. The number of carbonyl (C=O) groups is 2. The van der Waals surface area contributed by atoms with Crippen molar-refractivity contribution in [3.8, 4) is 0 Å². The van der Waals surface area contributed by atoms with Gasteiger partial charge in [-0.05, 0) is 36.8 Å². The second-order valence-corrected chi connectivity index (χ2v) is 4.95. The molecule has 1 amide bonds. The number of anilines is 1. The van der Waals surface area contributed by atoms with Gasteiger partial charge in [-0.25, -0.2) is 4.79 Å². The van der Waals surface area contributed by atoms with Crippen molar-refractivity contribution in [2.75, 3.05) is 5.32 Å². The van der Waals surface area contributed by atoms with Crippen molar-refractivity contribution in [3.05, 3.63) is 52.8 Å². The summed E-state index contributed by atoms with van der Waals surface area (Å²) in [7, 11) is 0. The molecule has 2 aromatic rings. The van der Waals surface area contributed by atoms with Crippen molar-refractivity contribution >= 4 is 29.2 Å². The number of carboxylic acids is 1. The Morgan fingerprint density at radius 1 is 1.33 bits per heavy atom. The Bertz CT molecular complexity index is 679. The van der Waals surface area contributed by atoms with Gasteiger partial charge in [0.2, 0.25) is 0 Å². The lowest BCUT2D eigenvalue weighted by Gasteiger charge is -2.10. The molecule has 0 atom stereocenters. The number of hydrogen-bond acceptors (Lipinski definition) is 2. The molecular weight excluding hydrogens is 292 g/mol. The molecule has 21 heavy (non-hydrogen) atoms. The number of halogens is 1. The number of aryl methyl sites for hydroxylation is 1. The molecule has 1 heterocycles. The molecule has 1 aromatic carbocycles. The lowest BCUT2D eigenvalue weighted by molar-refractivity contribution is 0.0696. The average molecular weight is 307 g/mol. The number of amides is 1. The lowest BCUT2D eigenvalue weighted by Crippen LogP contribution is -2.17. The van der Waals surface area contributed by atoms with Crippen LogP contribution in [0.4, 0.5) is 5.69 Å². The van der Waals surface area contributed by atoms with Crippen molar-refractivity contribution < 1.29 is 14.7 Å². The van der Waals surface area contributed by atoms with Crippen LogP contribution in [0, 0.1) is 0 Å². The van der Waals surface area contributed by atoms with E-state index in [0.717, 1.165) is 13.0 Å². The fourth-order valence-corrected chi connectivity index (χ4v) is 2.22. The van der Waals surface area contributed by atoms with E-state index in [4.69, 9.17) is 16.7 Å². The molecule has 0 saturated carbocycles. The molecule has 0 fully saturated rings. The van der Waals surface area contributed by atoms with E-state index in [2.05, 4.69) is 5.32 Å². The van der Waals surface area contributed by atoms with Gasteiger partial charge in [-0.1, -0.05) is 18.5 Å². The van der Waals surface area contributed by atoms with E-state index in [0.29, 0.717) is 11.4 Å². The molecule has 0 saturated heterocycles. The van der Waals surface area contributed by atoms with Crippen LogP contribution in [0.2, 0.25) is 5.02 Å². The van der Waals surface area contributed by atoms with Gasteiger partial charge in [0, 0.05) is 18.4 Å². The predicted octanol–water partition coefficient (Wildman–Crippen LogP) is 3.50. The Morgan fingerprint density at radius 2 is 2.10 bits per heavy atom. The summed E-state index contributed by atoms with van der Waals surface area (Å²) in [6, 6.07) is 7.88. The van der Waals surface area contributed by atoms with Gasteiger partial charge in [0.15, 0.2) is 0 Å². The van der Waals surface area contributed by atoms with E-state index in [-0.39, 0.29) is 16.5 Å². The number of benzene rings is 1. The standard InChI is InChI=1S/C15H15ClN2O3/c1-2-7-18-8-3-4-13(18)14(19)17-10-5-6-12(16)11(9-10)15(20)21/h3-6,8-9H,2,7H2,1H3,(H,17,19)(H,20,21). The molecule has 6 heteroatoms. The normalized spacial score (nSPS) is 10.4. The molecule has 0 unspecified atom stereocenters. The largest absolute Gasteiger partial charge is 0.478 e. The van der Waals surface area contributed by atoms with Crippen molar-refractivity contribution in [1.82, 2.24) is 4.57 Å². The first-order valence-corrected chi connectivity index (χ1v) is 6.90. The van der Waals surface area contributed by atoms with Gasteiger partial charge in [0.1, 0.15) is 5.69 Å². The first-order chi connectivity index (χ1) is 10.0. The Labute approximate surface area is 127 Å². The molecule has 2 rings (SSSR count). The summed E-state index contributed by atoms with van der Waals surface area (Å²) in [5.41, 5.74) is 0.883. The predicted molar refractivity (Wildman–Crippen MR) is 81.1 cm³/mol. The van der Waals surface area contributed by atoms with Gasteiger partial charge in [0.05, 0.1) is 10.6 Å². The van der Waals surface area contributed by atoms with Gasteiger partial charge in [-0.15, -0.1) is 0 Å². The van der Waals surface area contributed by atoms with Crippen LogP contribution in [0.25, 0.3) is 0 Å². The van der Waals surface area contributed by atoms with Crippen LogP contribution in [0.3, 0.4) is 0 Å². The van der Waals surface area contributed by atoms with Crippen molar-refractivity contribution in [2.24, 2.45) is 0 Å². The van der Waals surface area contributed by atoms with Crippen LogP contribution in [-0.2, 0) is 6.54 Å². The van der Waals surface area contributed by atoms with E-state index < -0.39 is 5.97 Å². The Balaban J connectivity index is 2.21. The number of hydrogen-bond donors (Lipinski definition) is 2. The van der Waals surface area contributed by atoms with E-state index in [9.17, 15) is 9.59 Å². The second-order valence-electron chi connectivity index (χ2n) is 4.54. The van der Waals surface area contributed by atoms with Crippen molar-refractivity contribution in [3.63, 3.8) is 0 Å². The minimum Gasteiger partial charge on any atom is -0.478 e. The Morgan fingerprint density at radius 3 is 2.76 bits per heavy atom.